The van der Waals surface area contributed by atoms with Crippen molar-refractivity contribution in [3.63, 3.8) is 0 Å². The van der Waals surface area contributed by atoms with Crippen LogP contribution in [0, 0.1) is 0 Å². The average Bonchev–Trinajstić information content (AvgIpc) is 3.20. The van der Waals surface area contributed by atoms with Gasteiger partial charge in [-0.05, 0) is 26.1 Å². The van der Waals surface area contributed by atoms with E-state index in [-0.39, 0.29) is 25.3 Å². The Hall–Kier alpha value is -2.26. The van der Waals surface area contributed by atoms with Crippen molar-refractivity contribution in [2.24, 2.45) is 22.9 Å². The molecule has 3 rings (SSSR count). The summed E-state index contributed by atoms with van der Waals surface area (Å²) in [6.45, 7) is 1.73. The molecule has 3 heterocycles. The van der Waals surface area contributed by atoms with Gasteiger partial charge in [0.1, 0.15) is 18.1 Å². The van der Waals surface area contributed by atoms with Gasteiger partial charge in [-0.15, -0.1) is 0 Å². The molecule has 1 aliphatic rings. The number of carbonyl (C=O) groups is 2. The first-order valence-electron chi connectivity index (χ1n) is 11.3. The second-order valence-corrected chi connectivity index (χ2v) is 9.72. The lowest BCUT2D eigenvalue weighted by atomic mass is 10.1. The molecule has 1 saturated heterocycles. The zero-order chi connectivity index (χ0) is 26.7. The first kappa shape index (κ1) is 30.0. The van der Waals surface area contributed by atoms with Gasteiger partial charge in [0.2, 0.25) is 5.59 Å². The van der Waals surface area contributed by atoms with Gasteiger partial charge in [-0.1, -0.05) is 9.24 Å². The molecule has 14 nitrogen and oxygen atoms in total. The monoisotopic (exact) mass is 544 g/mol. The maximum atomic E-state index is 12.6. The summed E-state index contributed by atoms with van der Waals surface area (Å²) in [6.07, 6.45) is 6.24. The van der Waals surface area contributed by atoms with Crippen molar-refractivity contribution in [3.05, 3.63) is 18.0 Å². The Kier molecular flexibility index (Phi) is 12.0. The number of likely N-dealkylation sites (tertiary alicyclic amines) is 1. The zero-order valence-electron chi connectivity index (χ0n) is 20.6. The fourth-order valence-corrected chi connectivity index (χ4v) is 3.95. The summed E-state index contributed by atoms with van der Waals surface area (Å²) in [6, 6.07) is -0.0965. The van der Waals surface area contributed by atoms with E-state index in [1.807, 2.05) is 6.26 Å². The highest BCUT2D eigenvalue weighted by molar-refractivity contribution is 7.98. The summed E-state index contributed by atoms with van der Waals surface area (Å²) in [5.74, 6) is 0.992. The minimum Gasteiger partial charge on any atom is -0.411 e. The van der Waals surface area contributed by atoms with E-state index in [2.05, 4.69) is 35.6 Å². The molecule has 0 aromatic carbocycles. The summed E-state index contributed by atoms with van der Waals surface area (Å²) < 4.78 is 12.4. The molecule has 202 valence electrons. The molecule has 1 aliphatic heterocycles. The maximum absolute atomic E-state index is 12.6. The summed E-state index contributed by atoms with van der Waals surface area (Å²) >= 11 is 1.69. The topological polar surface area (TPSA) is 215 Å². The lowest BCUT2D eigenvalue weighted by Crippen LogP contribution is -2.52. The van der Waals surface area contributed by atoms with E-state index in [1.165, 1.54) is 11.9 Å². The number of nitrogens with zero attached hydrogens (tertiary/aromatic N) is 4. The lowest BCUT2D eigenvalue weighted by Gasteiger charge is -2.34. The van der Waals surface area contributed by atoms with Crippen molar-refractivity contribution in [3.8, 4) is 0 Å². The number of nitrogens with one attached hydrogen (secondary N) is 2. The van der Waals surface area contributed by atoms with Gasteiger partial charge in [-0.3, -0.25) is 16.3 Å². The molecule has 0 spiro atoms. The van der Waals surface area contributed by atoms with Gasteiger partial charge >= 0.3 is 6.09 Å². The highest BCUT2D eigenvalue weighted by Gasteiger charge is 2.28. The molecule has 0 aliphatic carbocycles. The van der Waals surface area contributed by atoms with Crippen LogP contribution in [0.15, 0.2) is 12.4 Å². The van der Waals surface area contributed by atoms with Crippen LogP contribution in [-0.2, 0) is 16.2 Å². The van der Waals surface area contributed by atoms with Crippen LogP contribution in [0.5, 0.6) is 0 Å². The van der Waals surface area contributed by atoms with Crippen LogP contribution in [0.2, 0.25) is 0 Å². The Bertz CT molecular complexity index is 1000. The number of aromatic nitrogens is 3. The van der Waals surface area contributed by atoms with E-state index in [0.717, 1.165) is 18.6 Å². The highest BCUT2D eigenvalue weighted by atomic mass is 32.2. The minimum atomic E-state index is -1.62. The fraction of sp³-hybridized carbons (Fsp3) is 0.600. The molecule has 0 bridgehead atoms. The summed E-state index contributed by atoms with van der Waals surface area (Å²) in [5.41, 5.74) is 20.8. The number of rotatable bonds is 10. The van der Waals surface area contributed by atoms with Gasteiger partial charge in [0.15, 0.2) is 5.65 Å². The van der Waals surface area contributed by atoms with Crippen molar-refractivity contribution >= 4 is 50.0 Å². The standard InChI is InChI=1S/C19H32N9O4PS.CH5N/c1-34-6-5-31-11-28-9-13(17(29)24-10-20)15-16(28)23-7-14(26-15)25-12-3-2-4-27(8-12)18(30)32-19(21,22)33;1-2/h7,9,12H,2-6,8,10-11,20-22,33H2,1H3,(H,24,29)(H,25,26);2H2,1H3. The Morgan fingerprint density at radius 2 is 2.11 bits per heavy atom. The number of thioether (sulfide) groups is 1. The number of nitrogens with two attached hydrogens (primary N) is 4. The van der Waals surface area contributed by atoms with Crippen molar-refractivity contribution in [1.82, 2.24) is 24.8 Å². The second kappa shape index (κ2) is 14.5. The second-order valence-electron chi connectivity index (χ2n) is 7.83. The van der Waals surface area contributed by atoms with Crippen LogP contribution in [0.25, 0.3) is 11.2 Å². The smallest absolute Gasteiger partial charge is 0.411 e. The molecular formula is C20H37N10O4PS. The molecule has 2 amide bonds. The molecule has 0 radical (unpaired) electrons. The van der Waals surface area contributed by atoms with Gasteiger partial charge in [0.05, 0.1) is 25.0 Å². The normalized spacial score (nSPS) is 15.8. The molecule has 2 aromatic rings. The van der Waals surface area contributed by atoms with Gasteiger partial charge < -0.3 is 41.0 Å². The molecule has 2 unspecified atom stereocenters. The van der Waals surface area contributed by atoms with E-state index in [9.17, 15) is 9.59 Å². The third-order valence-electron chi connectivity index (χ3n) is 5.03. The number of fused-ring (bicyclic) bond motifs is 1. The SMILES string of the molecule is CN.CSCCOCn1cc(C(=O)NCN)c2nc(NC3CCCN(C(=O)OC(N)(N)P)C3)cnc21. The van der Waals surface area contributed by atoms with Gasteiger partial charge in [0.25, 0.3) is 5.91 Å². The first-order valence-corrected chi connectivity index (χ1v) is 13.3. The summed E-state index contributed by atoms with van der Waals surface area (Å²) in [7, 11) is 3.57. The molecule has 16 heteroatoms. The van der Waals surface area contributed by atoms with Crippen LogP contribution in [0.3, 0.4) is 0 Å². The summed E-state index contributed by atoms with van der Waals surface area (Å²) in [5, 5.41) is 5.89. The van der Waals surface area contributed by atoms with Crippen molar-refractivity contribution < 1.29 is 19.1 Å². The third kappa shape index (κ3) is 8.69. The van der Waals surface area contributed by atoms with Gasteiger partial charge in [0, 0.05) is 31.1 Å². The van der Waals surface area contributed by atoms with E-state index in [1.54, 1.807) is 28.7 Å². The van der Waals surface area contributed by atoms with E-state index >= 15 is 0 Å². The molecule has 2 atom stereocenters. The Balaban J connectivity index is 0.00000222. The van der Waals surface area contributed by atoms with Crippen LogP contribution in [0.1, 0.15) is 23.2 Å². The van der Waals surface area contributed by atoms with Gasteiger partial charge in [-0.2, -0.15) is 11.8 Å². The molecule has 2 aromatic heterocycles. The zero-order valence-corrected chi connectivity index (χ0v) is 22.6. The Morgan fingerprint density at radius 3 is 2.78 bits per heavy atom. The quantitative estimate of drug-likeness (QED) is 0.126. The predicted molar refractivity (Wildman–Crippen MR) is 144 cm³/mol. The largest absolute Gasteiger partial charge is 0.412 e. The number of amides is 2. The fourth-order valence-electron chi connectivity index (χ4n) is 3.56. The Labute approximate surface area is 216 Å². The van der Waals surface area contributed by atoms with Gasteiger partial charge in [-0.25, -0.2) is 14.8 Å². The third-order valence-corrected chi connectivity index (χ3v) is 5.72. The van der Waals surface area contributed by atoms with Crippen LogP contribution < -0.4 is 33.6 Å². The number of carbonyl (C=O) groups excluding carboxylic acids is 2. The van der Waals surface area contributed by atoms with Crippen molar-refractivity contribution in [2.45, 2.75) is 31.2 Å². The minimum absolute atomic E-state index is 0.00173. The maximum Gasteiger partial charge on any atom is 0.412 e. The summed E-state index contributed by atoms with van der Waals surface area (Å²) in [4.78, 5) is 35.5. The highest BCUT2D eigenvalue weighted by Crippen LogP contribution is 2.22. The number of hydrogen-bond acceptors (Lipinski definition) is 12. The van der Waals surface area contributed by atoms with E-state index in [4.69, 9.17) is 26.7 Å². The predicted octanol–water partition coefficient (Wildman–Crippen LogP) is -0.594. The molecule has 1 fully saturated rings. The molecule has 0 saturated carbocycles. The van der Waals surface area contributed by atoms with E-state index < -0.39 is 11.7 Å². The van der Waals surface area contributed by atoms with Crippen LogP contribution in [0.4, 0.5) is 10.6 Å². The van der Waals surface area contributed by atoms with Crippen molar-refractivity contribution in [2.75, 3.05) is 50.7 Å². The van der Waals surface area contributed by atoms with Crippen LogP contribution >= 0.6 is 21.0 Å². The number of anilines is 1. The molecule has 36 heavy (non-hydrogen) atoms. The molecule has 10 N–H and O–H groups in total. The van der Waals surface area contributed by atoms with Crippen LogP contribution in [-0.4, -0.2) is 88.5 Å². The lowest BCUT2D eigenvalue weighted by molar-refractivity contribution is 0.0448. The number of hydrogen-bond donors (Lipinski definition) is 6. The number of piperidine rings is 1. The van der Waals surface area contributed by atoms with Crippen molar-refractivity contribution in [1.29, 1.82) is 0 Å². The first-order chi connectivity index (χ1) is 17.2. The molecular weight excluding hydrogens is 507 g/mol. The van der Waals surface area contributed by atoms with E-state index in [0.29, 0.717) is 42.2 Å². The Morgan fingerprint density at radius 1 is 1.36 bits per heavy atom. The number of ether oxygens (including phenoxy) is 2. The average molecular weight is 545 g/mol.